The summed E-state index contributed by atoms with van der Waals surface area (Å²) in [5.74, 6) is -0.0851. The Morgan fingerprint density at radius 2 is 2.11 bits per heavy atom. The van der Waals surface area contributed by atoms with Gasteiger partial charge in [0.05, 0.1) is 0 Å². The zero-order valence-corrected chi connectivity index (χ0v) is 10.4. The number of allylic oxidation sites excluding steroid dienone is 1. The molecule has 1 aromatic rings. The van der Waals surface area contributed by atoms with E-state index in [-0.39, 0.29) is 22.4 Å². The van der Waals surface area contributed by atoms with Crippen LogP contribution in [0.5, 0.6) is 5.75 Å². The Morgan fingerprint density at radius 3 is 2.67 bits per heavy atom. The molecule has 0 saturated carbocycles. The van der Waals surface area contributed by atoms with Crippen LogP contribution in [0.25, 0.3) is 0 Å². The molecule has 100 valence electrons. The van der Waals surface area contributed by atoms with Crippen molar-refractivity contribution in [3.8, 4) is 5.75 Å². The first-order valence-electron chi connectivity index (χ1n) is 5.28. The van der Waals surface area contributed by atoms with E-state index in [1.807, 2.05) is 0 Å². The summed E-state index contributed by atoms with van der Waals surface area (Å²) < 4.78 is 36.7. The maximum Gasteiger partial charge on any atom is 0.446 e. The first-order valence-corrected chi connectivity index (χ1v) is 6.10. The topological polar surface area (TPSA) is 46.2 Å². The molecule has 0 bridgehead atoms. The fourth-order valence-electron chi connectivity index (χ4n) is 1.48. The minimum Gasteiger partial charge on any atom is -0.508 e. The fraction of sp³-hybridized carbons (Fsp3) is 0.333. The number of halogens is 3. The van der Waals surface area contributed by atoms with E-state index in [2.05, 4.69) is 6.58 Å². The minimum atomic E-state index is -4.35. The summed E-state index contributed by atoms with van der Waals surface area (Å²) in [5.41, 5.74) is 1.79. The predicted octanol–water partition coefficient (Wildman–Crippen LogP) is 3.97. The number of thioether (sulfide) groups is 1. The van der Waals surface area contributed by atoms with Gasteiger partial charge in [-0.1, -0.05) is 6.08 Å². The lowest BCUT2D eigenvalue weighted by Crippen LogP contribution is -2.10. The van der Waals surface area contributed by atoms with Gasteiger partial charge in [-0.15, -0.1) is 6.58 Å². The van der Waals surface area contributed by atoms with Crippen molar-refractivity contribution in [1.29, 1.82) is 0 Å². The standard InChI is InChI=1S/C12H14F3NOS/c1-2-3-4-10(16)9-7-8(5-6-11(9)17)18-12(13,14)15/h2,5-7,10,17H,1,3-4,16H2/t10-/m1/s1. The molecule has 18 heavy (non-hydrogen) atoms. The second kappa shape index (κ2) is 6.15. The molecule has 1 rings (SSSR count). The zero-order valence-electron chi connectivity index (χ0n) is 9.57. The smallest absolute Gasteiger partial charge is 0.446 e. The monoisotopic (exact) mass is 277 g/mol. The lowest BCUT2D eigenvalue weighted by atomic mass is 10.0. The normalized spacial score (nSPS) is 13.3. The van der Waals surface area contributed by atoms with Crippen molar-refractivity contribution in [2.45, 2.75) is 29.3 Å². The molecule has 0 fully saturated rings. The van der Waals surface area contributed by atoms with Gasteiger partial charge in [0, 0.05) is 16.5 Å². The largest absolute Gasteiger partial charge is 0.508 e. The highest BCUT2D eigenvalue weighted by molar-refractivity contribution is 8.00. The lowest BCUT2D eigenvalue weighted by molar-refractivity contribution is -0.0328. The third-order valence-corrected chi connectivity index (χ3v) is 3.03. The van der Waals surface area contributed by atoms with Gasteiger partial charge >= 0.3 is 5.51 Å². The maximum atomic E-state index is 12.2. The highest BCUT2D eigenvalue weighted by Gasteiger charge is 2.29. The van der Waals surface area contributed by atoms with Crippen LogP contribution in [-0.4, -0.2) is 10.6 Å². The first-order chi connectivity index (χ1) is 8.33. The van der Waals surface area contributed by atoms with Gasteiger partial charge in [0.25, 0.3) is 0 Å². The van der Waals surface area contributed by atoms with Gasteiger partial charge in [-0.2, -0.15) is 13.2 Å². The maximum absolute atomic E-state index is 12.2. The van der Waals surface area contributed by atoms with Crippen molar-refractivity contribution in [2.24, 2.45) is 5.73 Å². The summed E-state index contributed by atoms with van der Waals surface area (Å²) >= 11 is -0.222. The van der Waals surface area contributed by atoms with Gasteiger partial charge in [-0.25, -0.2) is 0 Å². The van der Waals surface area contributed by atoms with Crippen LogP contribution >= 0.6 is 11.8 Å². The van der Waals surface area contributed by atoms with E-state index in [1.165, 1.54) is 18.2 Å². The van der Waals surface area contributed by atoms with Crippen molar-refractivity contribution in [3.05, 3.63) is 36.4 Å². The second-order valence-electron chi connectivity index (χ2n) is 3.74. The molecule has 1 aromatic carbocycles. The van der Waals surface area contributed by atoms with Gasteiger partial charge in [-0.05, 0) is 42.8 Å². The van der Waals surface area contributed by atoms with Crippen molar-refractivity contribution in [2.75, 3.05) is 0 Å². The molecule has 0 spiro atoms. The average molecular weight is 277 g/mol. The molecule has 0 heterocycles. The van der Waals surface area contributed by atoms with E-state index in [0.29, 0.717) is 18.4 Å². The van der Waals surface area contributed by atoms with Crippen LogP contribution in [0.15, 0.2) is 35.7 Å². The van der Waals surface area contributed by atoms with Crippen LogP contribution in [-0.2, 0) is 0 Å². The van der Waals surface area contributed by atoms with Gasteiger partial charge in [0.1, 0.15) is 5.75 Å². The Balaban J connectivity index is 2.90. The second-order valence-corrected chi connectivity index (χ2v) is 4.88. The molecular formula is C12H14F3NOS. The molecular weight excluding hydrogens is 263 g/mol. The number of aromatic hydroxyl groups is 1. The summed E-state index contributed by atoms with van der Waals surface area (Å²) in [5, 5.41) is 9.61. The summed E-state index contributed by atoms with van der Waals surface area (Å²) in [6.07, 6.45) is 2.83. The number of hydrogen-bond donors (Lipinski definition) is 2. The minimum absolute atomic E-state index is 0.0179. The molecule has 0 aliphatic rings. The summed E-state index contributed by atoms with van der Waals surface area (Å²) in [6, 6.07) is 3.23. The van der Waals surface area contributed by atoms with E-state index in [4.69, 9.17) is 5.73 Å². The van der Waals surface area contributed by atoms with Gasteiger partial charge < -0.3 is 10.8 Å². The molecule has 0 aromatic heterocycles. The fourth-order valence-corrected chi connectivity index (χ4v) is 2.07. The van der Waals surface area contributed by atoms with Crippen molar-refractivity contribution < 1.29 is 18.3 Å². The zero-order chi connectivity index (χ0) is 13.8. The highest BCUT2D eigenvalue weighted by Crippen LogP contribution is 2.39. The molecule has 0 saturated heterocycles. The van der Waals surface area contributed by atoms with Gasteiger partial charge in [0.15, 0.2) is 0 Å². The molecule has 6 heteroatoms. The number of benzene rings is 1. The molecule has 0 aliphatic heterocycles. The van der Waals surface area contributed by atoms with E-state index in [9.17, 15) is 18.3 Å². The Kier molecular flexibility index (Phi) is 5.10. The highest BCUT2D eigenvalue weighted by atomic mass is 32.2. The molecule has 0 radical (unpaired) electrons. The molecule has 3 N–H and O–H groups in total. The molecule has 1 atom stereocenters. The van der Waals surface area contributed by atoms with Gasteiger partial charge in [0.2, 0.25) is 0 Å². The van der Waals surface area contributed by atoms with E-state index < -0.39 is 11.6 Å². The first kappa shape index (κ1) is 14.9. The SMILES string of the molecule is C=CCC[C@@H](N)c1cc(SC(F)(F)F)ccc1O. The third-order valence-electron chi connectivity index (χ3n) is 2.31. The van der Waals surface area contributed by atoms with Crippen molar-refractivity contribution in [1.82, 2.24) is 0 Å². The lowest BCUT2D eigenvalue weighted by Gasteiger charge is -2.14. The Hall–Kier alpha value is -1.14. The Morgan fingerprint density at radius 1 is 1.44 bits per heavy atom. The van der Waals surface area contributed by atoms with Crippen LogP contribution in [0.2, 0.25) is 0 Å². The quantitative estimate of drug-likeness (QED) is 0.632. The third kappa shape index (κ3) is 4.62. The molecule has 0 unspecified atom stereocenters. The van der Waals surface area contributed by atoms with E-state index >= 15 is 0 Å². The van der Waals surface area contributed by atoms with Crippen molar-refractivity contribution >= 4 is 11.8 Å². The van der Waals surface area contributed by atoms with E-state index in [1.54, 1.807) is 6.08 Å². The number of alkyl halides is 3. The summed E-state index contributed by atoms with van der Waals surface area (Å²) in [6.45, 7) is 3.54. The predicted molar refractivity (Wildman–Crippen MR) is 66.4 cm³/mol. The molecule has 2 nitrogen and oxygen atoms in total. The van der Waals surface area contributed by atoms with Gasteiger partial charge in [-0.3, -0.25) is 0 Å². The Labute approximate surface area is 108 Å². The van der Waals surface area contributed by atoms with Crippen LogP contribution in [0.3, 0.4) is 0 Å². The van der Waals surface area contributed by atoms with Crippen LogP contribution in [0, 0.1) is 0 Å². The molecule has 0 aliphatic carbocycles. The Bertz CT molecular complexity index is 420. The number of rotatable bonds is 5. The van der Waals surface area contributed by atoms with Crippen LogP contribution in [0.4, 0.5) is 13.2 Å². The van der Waals surface area contributed by atoms with Crippen LogP contribution < -0.4 is 5.73 Å². The van der Waals surface area contributed by atoms with E-state index in [0.717, 1.165) is 0 Å². The number of hydrogen-bond acceptors (Lipinski definition) is 3. The number of nitrogens with two attached hydrogens (primary N) is 1. The van der Waals surface area contributed by atoms with Crippen LogP contribution in [0.1, 0.15) is 24.4 Å². The number of phenols is 1. The number of phenolic OH excluding ortho intramolecular Hbond substituents is 1. The average Bonchev–Trinajstić information content (AvgIpc) is 2.26. The summed E-state index contributed by atoms with van der Waals surface area (Å²) in [7, 11) is 0. The van der Waals surface area contributed by atoms with Crippen molar-refractivity contribution in [3.63, 3.8) is 0 Å². The molecule has 0 amide bonds. The summed E-state index contributed by atoms with van der Waals surface area (Å²) in [4.78, 5) is 0.0179.